The lowest BCUT2D eigenvalue weighted by atomic mass is 9.87. The van der Waals surface area contributed by atoms with E-state index in [1.807, 2.05) is 6.07 Å². The minimum atomic E-state index is -1.42. The third kappa shape index (κ3) is 2.29. The maximum atomic E-state index is 14.4. The largest absolute Gasteiger partial charge is 0.477 e. The zero-order valence-corrected chi connectivity index (χ0v) is 12.2. The highest BCUT2D eigenvalue weighted by Crippen LogP contribution is 2.30. The summed E-state index contributed by atoms with van der Waals surface area (Å²) in [7, 11) is 0. The predicted octanol–water partition coefficient (Wildman–Crippen LogP) is 1.91. The Kier molecular flexibility index (Phi) is 3.70. The number of carbonyl (C=O) groups is 1. The van der Waals surface area contributed by atoms with E-state index in [2.05, 4.69) is 5.32 Å². The third-order valence-corrected chi connectivity index (χ3v) is 4.39. The molecule has 0 spiro atoms. The SMILES string of the molecule is Cc1c(C2CCNCC2)ccn2c(=O)c(C(=O)O)cc(F)c12. The van der Waals surface area contributed by atoms with Crippen LogP contribution in [0.4, 0.5) is 4.39 Å². The maximum absolute atomic E-state index is 14.4. The van der Waals surface area contributed by atoms with Crippen LogP contribution in [0.5, 0.6) is 0 Å². The van der Waals surface area contributed by atoms with Gasteiger partial charge >= 0.3 is 5.97 Å². The molecular formula is C16H17FN2O3. The van der Waals surface area contributed by atoms with E-state index in [0.29, 0.717) is 11.5 Å². The van der Waals surface area contributed by atoms with E-state index < -0.39 is 22.9 Å². The number of carboxylic acids is 1. The van der Waals surface area contributed by atoms with Crippen LogP contribution >= 0.6 is 0 Å². The van der Waals surface area contributed by atoms with Gasteiger partial charge in [0.15, 0.2) is 0 Å². The fraction of sp³-hybridized carbons (Fsp3) is 0.375. The molecule has 2 aromatic heterocycles. The number of aromatic nitrogens is 1. The van der Waals surface area contributed by atoms with E-state index in [1.165, 1.54) is 6.20 Å². The molecule has 5 nitrogen and oxygen atoms in total. The van der Waals surface area contributed by atoms with Gasteiger partial charge in [-0.25, -0.2) is 9.18 Å². The minimum Gasteiger partial charge on any atom is -0.477 e. The van der Waals surface area contributed by atoms with E-state index in [9.17, 15) is 14.0 Å². The van der Waals surface area contributed by atoms with Crippen LogP contribution in [0.1, 0.15) is 40.2 Å². The van der Waals surface area contributed by atoms with E-state index in [-0.39, 0.29) is 5.52 Å². The summed E-state index contributed by atoms with van der Waals surface area (Å²) in [6.07, 6.45) is 3.42. The molecule has 3 heterocycles. The van der Waals surface area contributed by atoms with E-state index in [0.717, 1.165) is 42.0 Å². The Balaban J connectivity index is 2.23. The van der Waals surface area contributed by atoms with Crippen molar-refractivity contribution in [3.8, 4) is 0 Å². The Morgan fingerprint density at radius 3 is 2.73 bits per heavy atom. The number of aryl methyl sites for hydroxylation is 1. The minimum absolute atomic E-state index is 0.172. The van der Waals surface area contributed by atoms with Crippen LogP contribution in [-0.4, -0.2) is 28.6 Å². The van der Waals surface area contributed by atoms with Gasteiger partial charge in [-0.05, 0) is 62.0 Å². The zero-order valence-electron chi connectivity index (χ0n) is 12.2. The summed E-state index contributed by atoms with van der Waals surface area (Å²) in [5, 5.41) is 12.3. The van der Waals surface area contributed by atoms with Crippen LogP contribution in [-0.2, 0) is 0 Å². The van der Waals surface area contributed by atoms with E-state index >= 15 is 0 Å². The van der Waals surface area contributed by atoms with Gasteiger partial charge < -0.3 is 10.4 Å². The lowest BCUT2D eigenvalue weighted by Gasteiger charge is -2.25. The van der Waals surface area contributed by atoms with Gasteiger partial charge in [0.05, 0.1) is 5.52 Å². The average Bonchev–Trinajstić information content (AvgIpc) is 2.51. The van der Waals surface area contributed by atoms with Crippen molar-refractivity contribution < 1.29 is 14.3 Å². The van der Waals surface area contributed by atoms with Gasteiger partial charge in [0, 0.05) is 6.20 Å². The second kappa shape index (κ2) is 5.53. The molecular weight excluding hydrogens is 287 g/mol. The molecule has 3 rings (SSSR count). The van der Waals surface area contributed by atoms with Gasteiger partial charge in [-0.3, -0.25) is 9.20 Å². The van der Waals surface area contributed by atoms with Crippen LogP contribution < -0.4 is 10.9 Å². The van der Waals surface area contributed by atoms with Gasteiger partial charge in [0.1, 0.15) is 11.4 Å². The van der Waals surface area contributed by atoms with Crippen LogP contribution in [0.25, 0.3) is 5.52 Å². The Morgan fingerprint density at radius 2 is 2.09 bits per heavy atom. The van der Waals surface area contributed by atoms with Gasteiger partial charge in [0.2, 0.25) is 0 Å². The molecule has 2 aromatic rings. The smallest absolute Gasteiger partial charge is 0.341 e. The van der Waals surface area contributed by atoms with Crippen molar-refractivity contribution in [3.05, 3.63) is 51.2 Å². The first-order valence-corrected chi connectivity index (χ1v) is 7.29. The van der Waals surface area contributed by atoms with Gasteiger partial charge in [-0.15, -0.1) is 0 Å². The van der Waals surface area contributed by atoms with Crippen LogP contribution in [0.2, 0.25) is 0 Å². The molecule has 0 amide bonds. The van der Waals surface area contributed by atoms with Gasteiger partial charge in [-0.1, -0.05) is 0 Å². The number of pyridine rings is 2. The van der Waals surface area contributed by atoms with Crippen molar-refractivity contribution in [3.63, 3.8) is 0 Å². The Morgan fingerprint density at radius 1 is 1.41 bits per heavy atom. The third-order valence-electron chi connectivity index (χ3n) is 4.39. The lowest BCUT2D eigenvalue weighted by Crippen LogP contribution is -2.28. The molecule has 0 aliphatic carbocycles. The number of fused-ring (bicyclic) bond motifs is 1. The zero-order chi connectivity index (χ0) is 15.9. The predicted molar refractivity (Wildman–Crippen MR) is 80.2 cm³/mol. The first kappa shape index (κ1) is 14.7. The van der Waals surface area contributed by atoms with Crippen molar-refractivity contribution in [1.82, 2.24) is 9.72 Å². The average molecular weight is 304 g/mol. The summed E-state index contributed by atoms with van der Waals surface area (Å²) in [6.45, 7) is 3.63. The molecule has 0 radical (unpaired) electrons. The first-order valence-electron chi connectivity index (χ1n) is 7.29. The fourth-order valence-corrected chi connectivity index (χ4v) is 3.25. The number of rotatable bonds is 2. The number of nitrogens with zero attached hydrogens (tertiary/aromatic N) is 1. The first-order chi connectivity index (χ1) is 10.5. The molecule has 0 atom stereocenters. The van der Waals surface area contributed by atoms with Crippen molar-refractivity contribution in [2.45, 2.75) is 25.7 Å². The summed E-state index contributed by atoms with van der Waals surface area (Å²) in [5.74, 6) is -1.76. The van der Waals surface area contributed by atoms with Gasteiger partial charge in [0.25, 0.3) is 5.56 Å². The highest BCUT2D eigenvalue weighted by Gasteiger charge is 2.21. The van der Waals surface area contributed by atoms with Crippen LogP contribution in [0.3, 0.4) is 0 Å². The monoisotopic (exact) mass is 304 g/mol. The summed E-state index contributed by atoms with van der Waals surface area (Å²) < 4.78 is 15.5. The molecule has 0 unspecified atom stereocenters. The van der Waals surface area contributed by atoms with Crippen LogP contribution in [0, 0.1) is 12.7 Å². The summed E-state index contributed by atoms with van der Waals surface area (Å²) in [6, 6.07) is 2.63. The maximum Gasteiger partial charge on any atom is 0.341 e. The number of piperidine rings is 1. The number of carboxylic acid groups (broad SMARTS) is 1. The lowest BCUT2D eigenvalue weighted by molar-refractivity contribution is 0.0694. The molecule has 1 fully saturated rings. The molecule has 0 bridgehead atoms. The highest BCUT2D eigenvalue weighted by atomic mass is 19.1. The standard InChI is InChI=1S/C16H17FN2O3/c1-9-11(10-2-5-18-6-3-10)4-7-19-14(9)13(17)8-12(15(19)20)16(21)22/h4,7-8,10,18H,2-3,5-6H2,1H3,(H,21,22). The topological polar surface area (TPSA) is 70.8 Å². The van der Waals surface area contributed by atoms with Gasteiger partial charge in [-0.2, -0.15) is 0 Å². The molecule has 0 aromatic carbocycles. The molecule has 0 saturated carbocycles. The summed E-state index contributed by atoms with van der Waals surface area (Å²) >= 11 is 0. The molecule has 116 valence electrons. The van der Waals surface area contributed by atoms with E-state index in [4.69, 9.17) is 5.11 Å². The molecule has 6 heteroatoms. The Bertz CT molecular complexity index is 807. The fourth-order valence-electron chi connectivity index (χ4n) is 3.25. The summed E-state index contributed by atoms with van der Waals surface area (Å²) in [5.41, 5.74) is 0.655. The normalized spacial score (nSPS) is 16.1. The van der Waals surface area contributed by atoms with Crippen molar-refractivity contribution >= 4 is 11.5 Å². The Labute approximate surface area is 126 Å². The van der Waals surface area contributed by atoms with Crippen molar-refractivity contribution in [2.24, 2.45) is 0 Å². The summed E-state index contributed by atoms with van der Waals surface area (Å²) in [4.78, 5) is 23.2. The number of aromatic carboxylic acids is 1. The number of halogens is 1. The second-order valence-corrected chi connectivity index (χ2v) is 5.66. The molecule has 1 aliphatic heterocycles. The molecule has 2 N–H and O–H groups in total. The van der Waals surface area contributed by atoms with Crippen molar-refractivity contribution in [2.75, 3.05) is 13.1 Å². The quantitative estimate of drug-likeness (QED) is 0.889. The van der Waals surface area contributed by atoms with E-state index in [1.54, 1.807) is 6.92 Å². The number of hydrogen-bond acceptors (Lipinski definition) is 3. The van der Waals surface area contributed by atoms with Crippen molar-refractivity contribution in [1.29, 1.82) is 0 Å². The number of nitrogens with one attached hydrogen (secondary N) is 1. The molecule has 22 heavy (non-hydrogen) atoms. The second-order valence-electron chi connectivity index (χ2n) is 5.66. The van der Waals surface area contributed by atoms with Crippen LogP contribution in [0.15, 0.2) is 23.1 Å². The molecule has 1 saturated heterocycles. The molecule has 1 aliphatic rings. The number of hydrogen-bond donors (Lipinski definition) is 2. The Hall–Kier alpha value is -2.21. The highest BCUT2D eigenvalue weighted by molar-refractivity contribution is 5.87.